The lowest BCUT2D eigenvalue weighted by atomic mass is 9.43. The fraction of sp³-hybridized carbons (Fsp3) is 0.950. The molecule has 0 amide bonds. The van der Waals surface area contributed by atoms with Gasteiger partial charge in [0.2, 0.25) is 0 Å². The molecule has 0 aromatic heterocycles. The van der Waals surface area contributed by atoms with Crippen LogP contribution in [0.1, 0.15) is 65.2 Å². The zero-order valence-corrected chi connectivity index (χ0v) is 14.8. The molecule has 4 nitrogen and oxygen atoms in total. The summed E-state index contributed by atoms with van der Waals surface area (Å²) in [4.78, 5) is 12.5. The predicted molar refractivity (Wildman–Crippen MR) is 87.9 cm³/mol. The number of rotatable bonds is 0. The van der Waals surface area contributed by atoms with Gasteiger partial charge in [-0.15, -0.1) is 0 Å². The summed E-state index contributed by atoms with van der Waals surface area (Å²) in [5.74, 6) is 1.18. The summed E-state index contributed by atoms with van der Waals surface area (Å²) in [5, 5.41) is 21.3. The van der Waals surface area contributed by atoms with E-state index in [1.165, 1.54) is 0 Å². The third-order valence-electron chi connectivity index (χ3n) is 9.44. The molecule has 1 heterocycles. The van der Waals surface area contributed by atoms with Crippen LogP contribution in [0.2, 0.25) is 0 Å². The summed E-state index contributed by atoms with van der Waals surface area (Å²) in [6, 6.07) is 0. The van der Waals surface area contributed by atoms with Gasteiger partial charge in [0.15, 0.2) is 0 Å². The molecule has 4 saturated carbocycles. The van der Waals surface area contributed by atoms with Crippen LogP contribution in [0.3, 0.4) is 0 Å². The third kappa shape index (κ3) is 1.52. The summed E-state index contributed by atoms with van der Waals surface area (Å²) >= 11 is 0. The van der Waals surface area contributed by atoms with E-state index in [1.54, 1.807) is 0 Å². The molecule has 2 bridgehead atoms. The molecule has 2 N–H and O–H groups in total. The smallest absolute Gasteiger partial charge is 0.310 e. The van der Waals surface area contributed by atoms with Gasteiger partial charge in [0.1, 0.15) is 5.60 Å². The topological polar surface area (TPSA) is 66.8 Å². The Morgan fingerprint density at radius 3 is 2.54 bits per heavy atom. The molecule has 0 aromatic rings. The molecular formula is C20H30O4. The molecule has 24 heavy (non-hydrogen) atoms. The Kier molecular flexibility index (Phi) is 2.97. The summed E-state index contributed by atoms with van der Waals surface area (Å²) in [7, 11) is 0. The molecule has 0 spiro atoms. The first-order valence-electron chi connectivity index (χ1n) is 9.92. The van der Waals surface area contributed by atoms with Gasteiger partial charge in [0.25, 0.3) is 0 Å². The highest BCUT2D eigenvalue weighted by Gasteiger charge is 2.77. The molecule has 9 atom stereocenters. The van der Waals surface area contributed by atoms with E-state index in [2.05, 4.69) is 13.8 Å². The number of carbonyl (C=O) groups excluding carboxylic acids is 1. The molecule has 5 aliphatic rings. The highest BCUT2D eigenvalue weighted by Crippen LogP contribution is 2.72. The van der Waals surface area contributed by atoms with Gasteiger partial charge in [0, 0.05) is 11.3 Å². The van der Waals surface area contributed by atoms with E-state index < -0.39 is 11.7 Å². The van der Waals surface area contributed by atoms with E-state index >= 15 is 0 Å². The first-order chi connectivity index (χ1) is 11.3. The predicted octanol–water partition coefficient (Wildman–Crippen LogP) is 2.66. The van der Waals surface area contributed by atoms with Crippen LogP contribution >= 0.6 is 0 Å². The number of carbonyl (C=O) groups is 1. The van der Waals surface area contributed by atoms with Crippen LogP contribution in [0.25, 0.3) is 0 Å². The van der Waals surface area contributed by atoms with Gasteiger partial charge in [-0.2, -0.15) is 0 Å². The molecule has 0 unspecified atom stereocenters. The highest BCUT2D eigenvalue weighted by molar-refractivity contribution is 5.79. The van der Waals surface area contributed by atoms with Crippen molar-refractivity contribution in [2.24, 2.45) is 34.5 Å². The fourth-order valence-corrected chi connectivity index (χ4v) is 8.02. The number of hydrogen-bond acceptors (Lipinski definition) is 4. The van der Waals surface area contributed by atoms with Gasteiger partial charge in [-0.3, -0.25) is 4.79 Å². The zero-order chi connectivity index (χ0) is 16.9. The fourth-order valence-electron chi connectivity index (χ4n) is 8.02. The Balaban J connectivity index is 1.58. The SMILES string of the molecule is C[C@]12CC[C@H](O)C[C@H]1CC[C@@H]1[C@@H]2C[C@@H](O)[C@]2(C)[C@@H]3CC[C@]12OC3=O. The standard InChI is InChI=1S/C20H30O4/c1-18-7-5-12(21)9-11(18)3-4-13-15(18)10-16(22)19(2)14-6-8-20(13,19)24-17(14)23/h11-16,21-22H,3-10H2,1-2H3/t11-,12+,13-,14-,15+,16-,18+,19+,20+/m1/s1. The van der Waals surface area contributed by atoms with Crippen LogP contribution in [0.5, 0.6) is 0 Å². The van der Waals surface area contributed by atoms with E-state index in [1.807, 2.05) is 0 Å². The molecule has 5 rings (SSSR count). The first-order valence-corrected chi connectivity index (χ1v) is 9.92. The number of fused-ring (bicyclic) bond motifs is 3. The first kappa shape index (κ1) is 15.6. The Morgan fingerprint density at radius 1 is 1.00 bits per heavy atom. The minimum absolute atomic E-state index is 0.0604. The van der Waals surface area contributed by atoms with E-state index in [9.17, 15) is 15.0 Å². The molecule has 5 fully saturated rings. The van der Waals surface area contributed by atoms with Gasteiger partial charge in [-0.05, 0) is 68.6 Å². The number of hydrogen-bond donors (Lipinski definition) is 2. The van der Waals surface area contributed by atoms with Crippen molar-refractivity contribution < 1.29 is 19.7 Å². The van der Waals surface area contributed by atoms with Gasteiger partial charge in [-0.25, -0.2) is 0 Å². The summed E-state index contributed by atoms with van der Waals surface area (Å²) in [6.07, 6.45) is 7.05. The van der Waals surface area contributed by atoms with E-state index in [-0.39, 0.29) is 28.8 Å². The van der Waals surface area contributed by atoms with Crippen LogP contribution in [0, 0.1) is 34.5 Å². The summed E-state index contributed by atoms with van der Waals surface area (Å²) in [5.41, 5.74) is -0.643. The maximum absolute atomic E-state index is 12.5. The lowest BCUT2D eigenvalue weighted by molar-refractivity contribution is -0.227. The second kappa shape index (κ2) is 4.56. The monoisotopic (exact) mass is 334 g/mol. The zero-order valence-electron chi connectivity index (χ0n) is 14.8. The summed E-state index contributed by atoms with van der Waals surface area (Å²) < 4.78 is 6.09. The molecular weight excluding hydrogens is 304 g/mol. The number of esters is 1. The lowest BCUT2D eigenvalue weighted by Gasteiger charge is -2.63. The second-order valence-electron chi connectivity index (χ2n) is 9.86. The maximum atomic E-state index is 12.5. The van der Waals surface area contributed by atoms with Crippen molar-refractivity contribution >= 4 is 5.97 Å². The van der Waals surface area contributed by atoms with Crippen molar-refractivity contribution in [3.8, 4) is 0 Å². The van der Waals surface area contributed by atoms with Crippen LogP contribution in [0.15, 0.2) is 0 Å². The normalized spacial score (nSPS) is 61.8. The van der Waals surface area contributed by atoms with E-state index in [0.29, 0.717) is 17.8 Å². The van der Waals surface area contributed by atoms with Crippen LogP contribution in [-0.4, -0.2) is 34.0 Å². The van der Waals surface area contributed by atoms with Crippen molar-refractivity contribution in [1.29, 1.82) is 0 Å². The van der Waals surface area contributed by atoms with Gasteiger partial charge < -0.3 is 14.9 Å². The van der Waals surface area contributed by atoms with Crippen molar-refractivity contribution in [3.63, 3.8) is 0 Å². The number of ether oxygens (including phenoxy) is 1. The van der Waals surface area contributed by atoms with Crippen LogP contribution in [0.4, 0.5) is 0 Å². The van der Waals surface area contributed by atoms with Gasteiger partial charge in [-0.1, -0.05) is 13.8 Å². The largest absolute Gasteiger partial charge is 0.458 e. The maximum Gasteiger partial charge on any atom is 0.310 e. The van der Waals surface area contributed by atoms with Gasteiger partial charge >= 0.3 is 5.97 Å². The third-order valence-corrected chi connectivity index (χ3v) is 9.44. The molecule has 0 radical (unpaired) electrons. The van der Waals surface area contributed by atoms with Crippen molar-refractivity contribution in [2.75, 3.05) is 0 Å². The Morgan fingerprint density at radius 2 is 1.79 bits per heavy atom. The van der Waals surface area contributed by atoms with Gasteiger partial charge in [0.05, 0.1) is 18.1 Å². The second-order valence-corrected chi connectivity index (χ2v) is 9.86. The van der Waals surface area contributed by atoms with Crippen LogP contribution in [-0.2, 0) is 9.53 Å². The Bertz CT molecular complexity index is 590. The van der Waals surface area contributed by atoms with Crippen molar-refractivity contribution in [2.45, 2.75) is 83.0 Å². The number of aliphatic hydroxyl groups excluding tert-OH is 2. The Hall–Kier alpha value is -0.610. The lowest BCUT2D eigenvalue weighted by Crippen LogP contribution is -2.65. The quantitative estimate of drug-likeness (QED) is 0.668. The van der Waals surface area contributed by atoms with Crippen molar-refractivity contribution in [1.82, 2.24) is 0 Å². The molecule has 4 heteroatoms. The molecule has 1 aliphatic heterocycles. The summed E-state index contributed by atoms with van der Waals surface area (Å²) in [6.45, 7) is 4.51. The minimum atomic E-state index is -0.444. The Labute approximate surface area is 144 Å². The molecule has 1 saturated heterocycles. The van der Waals surface area contributed by atoms with Crippen LogP contribution < -0.4 is 0 Å². The molecule has 0 aromatic carbocycles. The minimum Gasteiger partial charge on any atom is -0.458 e. The van der Waals surface area contributed by atoms with E-state index in [4.69, 9.17) is 4.74 Å². The van der Waals surface area contributed by atoms with Crippen molar-refractivity contribution in [3.05, 3.63) is 0 Å². The molecule has 4 aliphatic carbocycles. The average Bonchev–Trinajstić information content (AvgIpc) is 2.96. The highest BCUT2D eigenvalue weighted by atomic mass is 16.6. The average molecular weight is 334 g/mol. The molecule has 134 valence electrons. The number of aliphatic hydroxyl groups is 2. The van der Waals surface area contributed by atoms with E-state index in [0.717, 1.165) is 51.4 Å².